The third-order valence-electron chi connectivity index (χ3n) is 3.35. The number of fused-ring (bicyclic) bond motifs is 1. The third-order valence-corrected chi connectivity index (χ3v) is 3.35. The molecule has 0 aliphatic carbocycles. The van der Waals surface area contributed by atoms with Crippen molar-refractivity contribution >= 4 is 11.2 Å². The predicted molar refractivity (Wildman–Crippen MR) is 79.3 cm³/mol. The lowest BCUT2D eigenvalue weighted by Crippen LogP contribution is -2.19. The van der Waals surface area contributed by atoms with E-state index < -0.39 is 0 Å². The highest BCUT2D eigenvalue weighted by Gasteiger charge is 2.11. The van der Waals surface area contributed by atoms with Crippen molar-refractivity contribution in [2.75, 3.05) is 7.05 Å². The molecule has 0 bridgehead atoms. The summed E-state index contributed by atoms with van der Waals surface area (Å²) in [5.41, 5.74) is 3.81. The molecule has 4 nitrogen and oxygen atoms in total. The van der Waals surface area contributed by atoms with Crippen LogP contribution >= 0.6 is 0 Å². The van der Waals surface area contributed by atoms with Gasteiger partial charge in [-0.1, -0.05) is 30.3 Å². The topological polar surface area (TPSA) is 50.7 Å². The molecule has 3 aromatic rings. The fourth-order valence-electron chi connectivity index (χ4n) is 2.29. The molecule has 1 aromatic carbocycles. The summed E-state index contributed by atoms with van der Waals surface area (Å²) in [5, 5.41) is 3.34. The molecule has 0 fully saturated rings. The molecule has 4 heteroatoms. The summed E-state index contributed by atoms with van der Waals surface area (Å²) in [4.78, 5) is 13.1. The van der Waals surface area contributed by atoms with Gasteiger partial charge < -0.3 is 5.32 Å². The molecule has 20 heavy (non-hydrogen) atoms. The molecule has 0 spiro atoms. The van der Waals surface area contributed by atoms with Gasteiger partial charge in [-0.25, -0.2) is 9.97 Å². The molecule has 0 saturated heterocycles. The van der Waals surface area contributed by atoms with Crippen LogP contribution in [-0.2, 0) is 6.42 Å². The molecule has 0 aliphatic rings. The van der Waals surface area contributed by atoms with E-state index >= 15 is 0 Å². The van der Waals surface area contributed by atoms with Gasteiger partial charge in [0.15, 0.2) is 5.65 Å². The lowest BCUT2D eigenvalue weighted by atomic mass is 10.0. The van der Waals surface area contributed by atoms with Crippen LogP contribution in [0.25, 0.3) is 11.2 Å². The van der Waals surface area contributed by atoms with Gasteiger partial charge in [-0.15, -0.1) is 0 Å². The van der Waals surface area contributed by atoms with E-state index in [4.69, 9.17) is 0 Å². The van der Waals surface area contributed by atoms with Crippen LogP contribution in [0.4, 0.5) is 0 Å². The highest BCUT2D eigenvalue weighted by molar-refractivity contribution is 5.68. The summed E-state index contributed by atoms with van der Waals surface area (Å²) in [5.74, 6) is 0. The second-order valence-electron chi connectivity index (χ2n) is 4.66. The van der Waals surface area contributed by atoms with E-state index in [9.17, 15) is 0 Å². The van der Waals surface area contributed by atoms with Crippen molar-refractivity contribution in [3.05, 3.63) is 66.1 Å². The van der Waals surface area contributed by atoms with Gasteiger partial charge in [0.05, 0.1) is 0 Å². The van der Waals surface area contributed by atoms with Gasteiger partial charge in [-0.2, -0.15) is 0 Å². The van der Waals surface area contributed by atoms with Crippen molar-refractivity contribution in [2.24, 2.45) is 0 Å². The minimum atomic E-state index is 0.248. The molecule has 3 rings (SSSR count). The monoisotopic (exact) mass is 264 g/mol. The van der Waals surface area contributed by atoms with Crippen molar-refractivity contribution in [1.82, 2.24) is 20.3 Å². The quantitative estimate of drug-likeness (QED) is 0.786. The van der Waals surface area contributed by atoms with Crippen molar-refractivity contribution < 1.29 is 0 Å². The van der Waals surface area contributed by atoms with Crippen LogP contribution in [0.1, 0.15) is 17.3 Å². The van der Waals surface area contributed by atoms with E-state index in [2.05, 4.69) is 44.5 Å². The fraction of sp³-hybridized carbons (Fsp3) is 0.188. The van der Waals surface area contributed by atoms with Crippen LogP contribution in [0, 0.1) is 0 Å². The van der Waals surface area contributed by atoms with Gasteiger partial charge in [0.1, 0.15) is 5.52 Å². The zero-order chi connectivity index (χ0) is 13.8. The zero-order valence-electron chi connectivity index (χ0n) is 11.3. The first-order valence-corrected chi connectivity index (χ1v) is 6.65. The Kier molecular flexibility index (Phi) is 3.65. The molecule has 1 atom stereocenters. The fourth-order valence-corrected chi connectivity index (χ4v) is 2.29. The van der Waals surface area contributed by atoms with Gasteiger partial charge >= 0.3 is 0 Å². The Labute approximate surface area is 117 Å². The minimum absolute atomic E-state index is 0.248. The van der Waals surface area contributed by atoms with E-state index in [0.717, 1.165) is 17.6 Å². The van der Waals surface area contributed by atoms with Gasteiger partial charge in [0, 0.05) is 30.6 Å². The molecule has 1 N–H and O–H groups in total. The van der Waals surface area contributed by atoms with Gasteiger partial charge in [0.2, 0.25) is 0 Å². The summed E-state index contributed by atoms with van der Waals surface area (Å²) in [6, 6.07) is 14.6. The normalized spacial score (nSPS) is 12.4. The Balaban J connectivity index is 1.87. The SMILES string of the molecule is CNC(Cc1ccc2nccnc2n1)c1ccccc1. The predicted octanol–water partition coefficient (Wildman–Crippen LogP) is 2.53. The first-order valence-electron chi connectivity index (χ1n) is 6.65. The number of hydrogen-bond acceptors (Lipinski definition) is 4. The van der Waals surface area contributed by atoms with Crippen LogP contribution in [0.15, 0.2) is 54.9 Å². The number of benzene rings is 1. The number of nitrogens with zero attached hydrogens (tertiary/aromatic N) is 3. The number of rotatable bonds is 4. The second kappa shape index (κ2) is 5.75. The molecule has 0 saturated carbocycles. The number of nitrogens with one attached hydrogen (secondary N) is 1. The number of hydrogen-bond donors (Lipinski definition) is 1. The van der Waals surface area contributed by atoms with Crippen molar-refractivity contribution in [2.45, 2.75) is 12.5 Å². The van der Waals surface area contributed by atoms with Gasteiger partial charge in [-0.3, -0.25) is 4.98 Å². The maximum atomic E-state index is 4.57. The Morgan fingerprint density at radius 3 is 2.60 bits per heavy atom. The highest BCUT2D eigenvalue weighted by Crippen LogP contribution is 2.17. The molecule has 2 aromatic heterocycles. The number of aromatic nitrogens is 3. The van der Waals surface area contributed by atoms with Crippen LogP contribution in [0.3, 0.4) is 0 Å². The lowest BCUT2D eigenvalue weighted by Gasteiger charge is -2.16. The van der Waals surface area contributed by atoms with Gasteiger partial charge in [0.25, 0.3) is 0 Å². The van der Waals surface area contributed by atoms with E-state index in [0.29, 0.717) is 5.65 Å². The summed E-state index contributed by atoms with van der Waals surface area (Å²) in [6.45, 7) is 0. The van der Waals surface area contributed by atoms with E-state index in [1.54, 1.807) is 12.4 Å². The molecule has 2 heterocycles. The van der Waals surface area contributed by atoms with E-state index in [-0.39, 0.29) is 6.04 Å². The van der Waals surface area contributed by atoms with E-state index in [1.165, 1.54) is 5.56 Å². The maximum absolute atomic E-state index is 4.57. The Morgan fingerprint density at radius 1 is 1.00 bits per heavy atom. The first kappa shape index (κ1) is 12.7. The second-order valence-corrected chi connectivity index (χ2v) is 4.66. The first-order chi connectivity index (χ1) is 9.86. The molecule has 0 aliphatic heterocycles. The maximum Gasteiger partial charge on any atom is 0.178 e. The van der Waals surface area contributed by atoms with Gasteiger partial charge in [-0.05, 0) is 24.7 Å². The Hall–Kier alpha value is -2.33. The van der Waals surface area contributed by atoms with Crippen molar-refractivity contribution in [3.63, 3.8) is 0 Å². The standard InChI is InChI=1S/C16H16N4/c1-17-15(12-5-3-2-4-6-12)11-13-7-8-14-16(20-13)19-10-9-18-14/h2-10,15,17H,11H2,1H3. The average molecular weight is 264 g/mol. The van der Waals surface area contributed by atoms with Crippen molar-refractivity contribution in [1.29, 1.82) is 0 Å². The minimum Gasteiger partial charge on any atom is -0.313 e. The Morgan fingerprint density at radius 2 is 1.80 bits per heavy atom. The number of likely N-dealkylation sites (N-methyl/N-ethyl adjacent to an activating group) is 1. The molecule has 1 unspecified atom stereocenters. The van der Waals surface area contributed by atoms with Crippen LogP contribution in [-0.4, -0.2) is 22.0 Å². The molecular weight excluding hydrogens is 248 g/mol. The summed E-state index contributed by atoms with van der Waals surface area (Å²) >= 11 is 0. The van der Waals surface area contributed by atoms with Crippen LogP contribution in [0.5, 0.6) is 0 Å². The third kappa shape index (κ3) is 2.65. The summed E-state index contributed by atoms with van der Waals surface area (Å²) < 4.78 is 0. The molecule has 0 amide bonds. The molecule has 0 radical (unpaired) electrons. The summed E-state index contributed by atoms with van der Waals surface area (Å²) in [6.07, 6.45) is 4.18. The largest absolute Gasteiger partial charge is 0.313 e. The smallest absolute Gasteiger partial charge is 0.178 e. The zero-order valence-corrected chi connectivity index (χ0v) is 11.3. The molecular formula is C16H16N4. The van der Waals surface area contributed by atoms with Crippen LogP contribution in [0.2, 0.25) is 0 Å². The van der Waals surface area contributed by atoms with E-state index in [1.807, 2.05) is 25.2 Å². The highest BCUT2D eigenvalue weighted by atomic mass is 14.9. The summed E-state index contributed by atoms with van der Waals surface area (Å²) in [7, 11) is 1.97. The van der Waals surface area contributed by atoms with Crippen molar-refractivity contribution in [3.8, 4) is 0 Å². The number of pyridine rings is 1. The average Bonchev–Trinajstić information content (AvgIpc) is 2.53. The Bertz CT molecular complexity index is 697. The molecule has 100 valence electrons. The lowest BCUT2D eigenvalue weighted by molar-refractivity contribution is 0.585. The van der Waals surface area contributed by atoms with Crippen LogP contribution < -0.4 is 5.32 Å².